The first-order valence-corrected chi connectivity index (χ1v) is 4.51. The molecule has 0 aliphatic heterocycles. The van der Waals surface area contributed by atoms with Crippen molar-refractivity contribution in [3.8, 4) is 0 Å². The average molecular weight is 202 g/mol. The van der Waals surface area contributed by atoms with Gasteiger partial charge in [-0.15, -0.1) is 0 Å². The summed E-state index contributed by atoms with van der Waals surface area (Å²) < 4.78 is 0. The standard InChI is InChI=1S/C8H12ClN3O/c1-2-8(13)7(12-9)3-6-4-10-5-11-6/h4-5,7,12H,2-3H2,1H3,(H,10,11)/t7-/m0/s1. The minimum atomic E-state index is -0.327. The number of aromatic amines is 1. The van der Waals surface area contributed by atoms with Gasteiger partial charge in [0.05, 0.1) is 12.4 Å². The Morgan fingerprint density at radius 3 is 3.08 bits per heavy atom. The summed E-state index contributed by atoms with van der Waals surface area (Å²) in [5.41, 5.74) is 0.903. The molecule has 0 spiro atoms. The van der Waals surface area contributed by atoms with Gasteiger partial charge in [0.25, 0.3) is 0 Å². The van der Waals surface area contributed by atoms with Crippen molar-refractivity contribution in [3.05, 3.63) is 18.2 Å². The Morgan fingerprint density at radius 2 is 2.62 bits per heavy atom. The van der Waals surface area contributed by atoms with Crippen molar-refractivity contribution < 1.29 is 4.79 Å². The highest BCUT2D eigenvalue weighted by Gasteiger charge is 2.16. The summed E-state index contributed by atoms with van der Waals surface area (Å²) in [7, 11) is 0. The summed E-state index contributed by atoms with van der Waals surface area (Å²) in [6.07, 6.45) is 4.30. The van der Waals surface area contributed by atoms with Gasteiger partial charge in [-0.25, -0.2) is 9.82 Å². The molecule has 0 fully saturated rings. The van der Waals surface area contributed by atoms with Gasteiger partial charge in [0, 0.05) is 24.7 Å². The van der Waals surface area contributed by atoms with E-state index in [0.29, 0.717) is 12.8 Å². The molecule has 13 heavy (non-hydrogen) atoms. The zero-order valence-electron chi connectivity index (χ0n) is 7.38. The number of H-pyrrole nitrogens is 1. The van der Waals surface area contributed by atoms with Crippen molar-refractivity contribution in [2.24, 2.45) is 0 Å². The number of imidazole rings is 1. The van der Waals surface area contributed by atoms with E-state index < -0.39 is 0 Å². The molecule has 1 aromatic heterocycles. The maximum absolute atomic E-state index is 11.3. The van der Waals surface area contributed by atoms with E-state index in [4.69, 9.17) is 11.8 Å². The van der Waals surface area contributed by atoms with E-state index in [1.54, 1.807) is 12.5 Å². The minimum Gasteiger partial charge on any atom is -0.348 e. The predicted octanol–water partition coefficient (Wildman–Crippen LogP) is 1.04. The Kier molecular flexibility index (Phi) is 3.92. The molecule has 0 radical (unpaired) electrons. The normalized spacial score (nSPS) is 12.8. The number of hydrogen-bond donors (Lipinski definition) is 2. The highest BCUT2D eigenvalue weighted by Crippen LogP contribution is 2.02. The molecular weight excluding hydrogens is 190 g/mol. The monoisotopic (exact) mass is 201 g/mol. The first kappa shape index (κ1) is 10.2. The lowest BCUT2D eigenvalue weighted by Gasteiger charge is -2.10. The summed E-state index contributed by atoms with van der Waals surface area (Å²) >= 11 is 5.45. The van der Waals surface area contributed by atoms with Gasteiger partial charge in [-0.05, 0) is 11.8 Å². The minimum absolute atomic E-state index is 0.101. The number of nitrogens with zero attached hydrogens (tertiary/aromatic N) is 1. The number of halogens is 1. The van der Waals surface area contributed by atoms with Crippen LogP contribution in [0.4, 0.5) is 0 Å². The molecule has 1 rings (SSSR count). The van der Waals surface area contributed by atoms with E-state index in [2.05, 4.69) is 14.8 Å². The van der Waals surface area contributed by atoms with Crippen molar-refractivity contribution in [3.63, 3.8) is 0 Å². The second-order valence-electron chi connectivity index (χ2n) is 2.76. The Bertz CT molecular complexity index is 260. The highest BCUT2D eigenvalue weighted by atomic mass is 35.5. The van der Waals surface area contributed by atoms with E-state index in [9.17, 15) is 4.79 Å². The second kappa shape index (κ2) is 4.99. The number of rotatable bonds is 5. The molecule has 5 heteroatoms. The molecule has 2 N–H and O–H groups in total. The maximum Gasteiger partial charge on any atom is 0.151 e. The average Bonchev–Trinajstić information content (AvgIpc) is 2.65. The molecule has 0 saturated heterocycles. The highest BCUT2D eigenvalue weighted by molar-refractivity contribution is 6.15. The number of carbonyl (C=O) groups is 1. The fraction of sp³-hybridized carbons (Fsp3) is 0.500. The largest absolute Gasteiger partial charge is 0.348 e. The van der Waals surface area contributed by atoms with Gasteiger partial charge in [0.15, 0.2) is 5.78 Å². The predicted molar refractivity (Wildman–Crippen MR) is 50.4 cm³/mol. The first-order valence-electron chi connectivity index (χ1n) is 4.14. The molecule has 0 unspecified atom stereocenters. The second-order valence-corrected chi connectivity index (χ2v) is 2.98. The van der Waals surface area contributed by atoms with Crippen LogP contribution < -0.4 is 4.84 Å². The van der Waals surface area contributed by atoms with Crippen molar-refractivity contribution in [2.75, 3.05) is 0 Å². The quantitative estimate of drug-likeness (QED) is 0.700. The lowest BCUT2D eigenvalue weighted by atomic mass is 10.1. The van der Waals surface area contributed by atoms with Crippen LogP contribution in [0.1, 0.15) is 19.0 Å². The van der Waals surface area contributed by atoms with Crippen LogP contribution in [0.3, 0.4) is 0 Å². The third-order valence-corrected chi connectivity index (χ3v) is 2.11. The van der Waals surface area contributed by atoms with Crippen LogP contribution >= 0.6 is 11.8 Å². The maximum atomic E-state index is 11.3. The molecule has 1 aromatic rings. The van der Waals surface area contributed by atoms with E-state index in [1.807, 2.05) is 6.92 Å². The molecule has 0 aliphatic carbocycles. The van der Waals surface area contributed by atoms with Gasteiger partial charge in [0.2, 0.25) is 0 Å². The summed E-state index contributed by atoms with van der Waals surface area (Å²) in [5, 5.41) is 0. The van der Waals surface area contributed by atoms with Gasteiger partial charge in [-0.3, -0.25) is 4.79 Å². The van der Waals surface area contributed by atoms with E-state index in [0.717, 1.165) is 5.69 Å². The zero-order chi connectivity index (χ0) is 9.68. The van der Waals surface area contributed by atoms with Gasteiger partial charge < -0.3 is 4.98 Å². The van der Waals surface area contributed by atoms with Crippen molar-refractivity contribution >= 4 is 17.6 Å². The number of aromatic nitrogens is 2. The first-order chi connectivity index (χ1) is 6.27. The van der Waals surface area contributed by atoms with E-state index >= 15 is 0 Å². The molecule has 1 heterocycles. The smallest absolute Gasteiger partial charge is 0.151 e. The van der Waals surface area contributed by atoms with Crippen molar-refractivity contribution in [1.82, 2.24) is 14.8 Å². The number of carbonyl (C=O) groups excluding carboxylic acids is 1. The fourth-order valence-corrected chi connectivity index (χ4v) is 1.27. The molecule has 0 amide bonds. The van der Waals surface area contributed by atoms with E-state index in [-0.39, 0.29) is 11.8 Å². The Morgan fingerprint density at radius 1 is 1.85 bits per heavy atom. The lowest BCUT2D eigenvalue weighted by molar-refractivity contribution is -0.120. The Balaban J connectivity index is 2.54. The number of ketones is 1. The number of nitrogens with one attached hydrogen (secondary N) is 2. The van der Waals surface area contributed by atoms with Crippen LogP contribution in [0.5, 0.6) is 0 Å². The summed E-state index contributed by atoms with van der Waals surface area (Å²) in [5.74, 6) is 0.101. The summed E-state index contributed by atoms with van der Waals surface area (Å²) in [6, 6.07) is -0.327. The third-order valence-electron chi connectivity index (χ3n) is 1.85. The molecule has 4 nitrogen and oxygen atoms in total. The number of hydrogen-bond acceptors (Lipinski definition) is 3. The molecule has 0 saturated carbocycles. The van der Waals surface area contributed by atoms with Crippen LogP contribution in [0.25, 0.3) is 0 Å². The van der Waals surface area contributed by atoms with Gasteiger partial charge in [0.1, 0.15) is 0 Å². The number of Topliss-reactive ketones (excluding diaryl/α,β-unsaturated/α-hetero) is 1. The molecular formula is C8H12ClN3O. The van der Waals surface area contributed by atoms with Gasteiger partial charge in [-0.1, -0.05) is 6.92 Å². The van der Waals surface area contributed by atoms with Crippen LogP contribution in [0.15, 0.2) is 12.5 Å². The molecule has 0 bridgehead atoms. The van der Waals surface area contributed by atoms with Crippen LogP contribution in [0, 0.1) is 0 Å². The SMILES string of the molecule is CCC(=O)[C@H](Cc1cnc[nH]1)NCl. The lowest BCUT2D eigenvalue weighted by Crippen LogP contribution is -2.32. The van der Waals surface area contributed by atoms with Crippen molar-refractivity contribution in [1.29, 1.82) is 0 Å². The zero-order valence-corrected chi connectivity index (χ0v) is 8.14. The van der Waals surface area contributed by atoms with Crippen LogP contribution in [-0.2, 0) is 11.2 Å². The topological polar surface area (TPSA) is 57.8 Å². The molecule has 72 valence electrons. The Hall–Kier alpha value is -0.870. The van der Waals surface area contributed by atoms with Gasteiger partial charge in [-0.2, -0.15) is 0 Å². The fourth-order valence-electron chi connectivity index (χ4n) is 1.08. The third kappa shape index (κ3) is 2.82. The summed E-state index contributed by atoms with van der Waals surface area (Å²) in [4.78, 5) is 20.5. The van der Waals surface area contributed by atoms with Crippen LogP contribution in [0.2, 0.25) is 0 Å². The summed E-state index contributed by atoms with van der Waals surface area (Å²) in [6.45, 7) is 1.82. The molecule has 1 atom stereocenters. The Labute approximate surface area is 81.8 Å². The molecule has 0 aliphatic rings. The van der Waals surface area contributed by atoms with E-state index in [1.165, 1.54) is 0 Å². The molecule has 0 aromatic carbocycles. The van der Waals surface area contributed by atoms with Crippen LogP contribution in [-0.4, -0.2) is 21.8 Å². The van der Waals surface area contributed by atoms with Crippen molar-refractivity contribution in [2.45, 2.75) is 25.8 Å². The van der Waals surface area contributed by atoms with Gasteiger partial charge >= 0.3 is 0 Å².